The number of hydrogen-bond acceptors (Lipinski definition) is 5. The van der Waals surface area contributed by atoms with Gasteiger partial charge >= 0.3 is 0 Å². The zero-order chi connectivity index (χ0) is 15.1. The summed E-state index contributed by atoms with van der Waals surface area (Å²) in [4.78, 5) is 20.5. The molecule has 0 saturated carbocycles. The highest BCUT2D eigenvalue weighted by atomic mass is 32.2. The molecule has 1 amide bonds. The maximum absolute atomic E-state index is 11.9. The monoisotopic (exact) mass is 321 g/mol. The van der Waals surface area contributed by atoms with Crippen molar-refractivity contribution in [3.63, 3.8) is 0 Å². The van der Waals surface area contributed by atoms with Crippen LogP contribution in [0.1, 0.15) is 35.8 Å². The summed E-state index contributed by atoms with van der Waals surface area (Å²) in [6.07, 6.45) is 2.26. The van der Waals surface area contributed by atoms with E-state index in [2.05, 4.69) is 20.7 Å². The first-order valence-electron chi connectivity index (χ1n) is 6.84. The van der Waals surface area contributed by atoms with E-state index in [-0.39, 0.29) is 11.9 Å². The van der Waals surface area contributed by atoms with Crippen molar-refractivity contribution in [3.05, 3.63) is 46.2 Å². The lowest BCUT2D eigenvalue weighted by molar-refractivity contribution is -0.121. The molecule has 0 aliphatic heterocycles. The van der Waals surface area contributed by atoms with Gasteiger partial charge < -0.3 is 5.32 Å². The standard InChI is InChI=1S/C15H19N3OS2/c1-11(14-5-3-4-7-16-14)17-15(19)6-8-20-9-13-10-21-12(2)18-13/h3-5,7,10-11H,6,8-9H2,1-2H3,(H,17,19). The number of amides is 1. The highest BCUT2D eigenvalue weighted by molar-refractivity contribution is 7.98. The van der Waals surface area contributed by atoms with Crippen molar-refractivity contribution < 1.29 is 4.79 Å². The Kier molecular flexibility index (Phi) is 6.20. The first-order valence-corrected chi connectivity index (χ1v) is 8.87. The molecule has 0 bridgehead atoms. The van der Waals surface area contributed by atoms with Gasteiger partial charge in [-0.3, -0.25) is 9.78 Å². The van der Waals surface area contributed by atoms with E-state index in [9.17, 15) is 4.79 Å². The quantitative estimate of drug-likeness (QED) is 0.795. The highest BCUT2D eigenvalue weighted by Gasteiger charge is 2.10. The Hall–Kier alpha value is -1.40. The summed E-state index contributed by atoms with van der Waals surface area (Å²) < 4.78 is 0. The number of hydrogen-bond donors (Lipinski definition) is 1. The molecule has 2 rings (SSSR count). The molecule has 0 saturated heterocycles. The molecule has 0 radical (unpaired) electrons. The van der Waals surface area contributed by atoms with Gasteiger partial charge in [0.05, 0.1) is 22.4 Å². The SMILES string of the molecule is Cc1nc(CSCCC(=O)NC(C)c2ccccn2)cs1. The lowest BCUT2D eigenvalue weighted by Gasteiger charge is -2.13. The minimum atomic E-state index is -0.0510. The zero-order valence-electron chi connectivity index (χ0n) is 12.2. The largest absolute Gasteiger partial charge is 0.348 e. The molecule has 2 aromatic heterocycles. The topological polar surface area (TPSA) is 54.9 Å². The van der Waals surface area contributed by atoms with Crippen LogP contribution in [0, 0.1) is 6.92 Å². The van der Waals surface area contributed by atoms with Crippen LogP contribution in [-0.4, -0.2) is 21.6 Å². The average molecular weight is 321 g/mol. The van der Waals surface area contributed by atoms with Gasteiger partial charge in [0.1, 0.15) is 0 Å². The Labute approximate surface area is 133 Å². The van der Waals surface area contributed by atoms with E-state index in [4.69, 9.17) is 0 Å². The molecule has 1 atom stereocenters. The van der Waals surface area contributed by atoms with Crippen molar-refractivity contribution in [3.8, 4) is 0 Å². The molecule has 1 N–H and O–H groups in total. The van der Waals surface area contributed by atoms with Crippen molar-refractivity contribution in [2.24, 2.45) is 0 Å². The third-order valence-electron chi connectivity index (χ3n) is 2.90. The molecule has 0 aromatic carbocycles. The number of nitrogens with zero attached hydrogens (tertiary/aromatic N) is 2. The van der Waals surface area contributed by atoms with Gasteiger partial charge in [0.25, 0.3) is 0 Å². The number of carbonyl (C=O) groups excluding carboxylic acids is 1. The molecule has 0 fully saturated rings. The molecule has 4 nitrogen and oxygen atoms in total. The van der Waals surface area contributed by atoms with Gasteiger partial charge in [0.15, 0.2) is 0 Å². The van der Waals surface area contributed by atoms with Gasteiger partial charge in [-0.15, -0.1) is 11.3 Å². The number of pyridine rings is 1. The third kappa shape index (κ3) is 5.47. The van der Waals surface area contributed by atoms with Crippen LogP contribution < -0.4 is 5.32 Å². The molecule has 0 aliphatic rings. The van der Waals surface area contributed by atoms with Crippen LogP contribution >= 0.6 is 23.1 Å². The molecule has 2 heterocycles. The van der Waals surface area contributed by atoms with Crippen LogP contribution in [0.25, 0.3) is 0 Å². The van der Waals surface area contributed by atoms with Gasteiger partial charge in [-0.1, -0.05) is 6.07 Å². The van der Waals surface area contributed by atoms with Crippen molar-refractivity contribution in [2.45, 2.75) is 32.1 Å². The number of aryl methyl sites for hydroxylation is 1. The predicted octanol–water partition coefficient (Wildman–Crippen LogP) is 3.35. The van der Waals surface area contributed by atoms with E-state index >= 15 is 0 Å². The van der Waals surface area contributed by atoms with E-state index in [1.54, 1.807) is 29.3 Å². The number of carbonyl (C=O) groups is 1. The van der Waals surface area contributed by atoms with Crippen molar-refractivity contribution in [1.82, 2.24) is 15.3 Å². The molecule has 2 aromatic rings. The van der Waals surface area contributed by atoms with Crippen LogP contribution in [-0.2, 0) is 10.5 Å². The summed E-state index contributed by atoms with van der Waals surface area (Å²) in [5.41, 5.74) is 1.99. The minimum Gasteiger partial charge on any atom is -0.348 e. The highest BCUT2D eigenvalue weighted by Crippen LogP contribution is 2.16. The van der Waals surface area contributed by atoms with Crippen LogP contribution in [0.15, 0.2) is 29.8 Å². The second-order valence-electron chi connectivity index (χ2n) is 4.70. The number of thioether (sulfide) groups is 1. The summed E-state index contributed by atoms with van der Waals surface area (Å²) >= 11 is 3.40. The summed E-state index contributed by atoms with van der Waals surface area (Å²) in [7, 11) is 0. The second kappa shape index (κ2) is 8.14. The van der Waals surface area contributed by atoms with E-state index in [0.717, 1.165) is 27.9 Å². The van der Waals surface area contributed by atoms with Crippen LogP contribution in [0.3, 0.4) is 0 Å². The van der Waals surface area contributed by atoms with E-state index in [0.29, 0.717) is 6.42 Å². The summed E-state index contributed by atoms with van der Waals surface area (Å²) in [6, 6.07) is 5.67. The van der Waals surface area contributed by atoms with Gasteiger partial charge in [-0.25, -0.2) is 4.98 Å². The van der Waals surface area contributed by atoms with Crippen molar-refractivity contribution >= 4 is 29.0 Å². The third-order valence-corrected chi connectivity index (χ3v) is 4.71. The Morgan fingerprint density at radius 2 is 2.33 bits per heavy atom. The van der Waals surface area contributed by atoms with Crippen molar-refractivity contribution in [2.75, 3.05) is 5.75 Å². The smallest absolute Gasteiger partial charge is 0.221 e. The molecule has 6 heteroatoms. The van der Waals surface area contributed by atoms with Gasteiger partial charge in [-0.05, 0) is 26.0 Å². The predicted molar refractivity (Wildman–Crippen MR) is 88.4 cm³/mol. The van der Waals surface area contributed by atoms with Gasteiger partial charge in [-0.2, -0.15) is 11.8 Å². The molecule has 21 heavy (non-hydrogen) atoms. The summed E-state index contributed by atoms with van der Waals surface area (Å²) in [5.74, 6) is 1.74. The fraction of sp³-hybridized carbons (Fsp3) is 0.400. The molecule has 0 aliphatic carbocycles. The fourth-order valence-corrected chi connectivity index (χ4v) is 3.39. The van der Waals surface area contributed by atoms with Crippen LogP contribution in [0.2, 0.25) is 0 Å². The zero-order valence-corrected chi connectivity index (χ0v) is 13.8. The number of thiazole rings is 1. The second-order valence-corrected chi connectivity index (χ2v) is 6.87. The molecular formula is C15H19N3OS2. The van der Waals surface area contributed by atoms with E-state index in [1.165, 1.54) is 0 Å². The van der Waals surface area contributed by atoms with E-state index < -0.39 is 0 Å². The first kappa shape index (κ1) is 16.0. The molecule has 1 unspecified atom stereocenters. The fourth-order valence-electron chi connectivity index (χ4n) is 1.84. The molecule has 112 valence electrons. The number of nitrogens with one attached hydrogen (secondary N) is 1. The summed E-state index contributed by atoms with van der Waals surface area (Å²) in [6.45, 7) is 3.96. The maximum Gasteiger partial charge on any atom is 0.221 e. The van der Waals surface area contributed by atoms with Crippen molar-refractivity contribution in [1.29, 1.82) is 0 Å². The van der Waals surface area contributed by atoms with Crippen LogP contribution in [0.5, 0.6) is 0 Å². The first-order chi connectivity index (χ1) is 10.1. The lowest BCUT2D eigenvalue weighted by Crippen LogP contribution is -2.27. The normalized spacial score (nSPS) is 12.1. The molecular weight excluding hydrogens is 302 g/mol. The molecule has 0 spiro atoms. The Morgan fingerprint density at radius 3 is 3.00 bits per heavy atom. The van der Waals surface area contributed by atoms with Gasteiger partial charge in [0.2, 0.25) is 5.91 Å². The van der Waals surface area contributed by atoms with E-state index in [1.807, 2.05) is 32.0 Å². The summed E-state index contributed by atoms with van der Waals surface area (Å²) in [5, 5.41) is 6.14. The Balaban J connectivity index is 1.65. The van der Waals surface area contributed by atoms with Gasteiger partial charge in [0, 0.05) is 29.5 Å². The lowest BCUT2D eigenvalue weighted by atomic mass is 10.2. The average Bonchev–Trinajstić information content (AvgIpc) is 2.90. The Morgan fingerprint density at radius 1 is 1.48 bits per heavy atom. The minimum absolute atomic E-state index is 0.0510. The van der Waals surface area contributed by atoms with Crippen LogP contribution in [0.4, 0.5) is 0 Å². The number of aromatic nitrogens is 2. The number of rotatable bonds is 7. The Bertz CT molecular complexity index is 571. The maximum atomic E-state index is 11.9.